The van der Waals surface area contributed by atoms with Crippen molar-refractivity contribution in [2.75, 3.05) is 4.72 Å². The summed E-state index contributed by atoms with van der Waals surface area (Å²) in [5.74, 6) is -1.11. The first-order valence-corrected chi connectivity index (χ1v) is 7.91. The van der Waals surface area contributed by atoms with Crippen LogP contribution >= 0.6 is 27.5 Å². The molecule has 11 heteroatoms. The van der Waals surface area contributed by atoms with Crippen LogP contribution in [0.3, 0.4) is 0 Å². The fourth-order valence-corrected chi connectivity index (χ4v) is 3.17. The Balaban J connectivity index is 2.47. The summed E-state index contributed by atoms with van der Waals surface area (Å²) in [4.78, 5) is 14.4. The maximum Gasteiger partial charge on any atom is 0.337 e. The van der Waals surface area contributed by atoms with E-state index in [9.17, 15) is 13.2 Å². The molecule has 0 amide bonds. The van der Waals surface area contributed by atoms with Gasteiger partial charge in [0.2, 0.25) is 0 Å². The molecule has 0 aliphatic heterocycles. The number of aryl methyl sites for hydroxylation is 1. The number of sulfonamides is 1. The Bertz CT molecular complexity index is 820. The standard InChI is InChI=1S/C10H7BrClN3O5S/c1-4-13-10(20-14-4)15-21(18,19)5-2-6(9(16)17)8(12)7(11)3-5/h2-3H,1H3,(H,16,17)(H,13,14,15). The van der Waals surface area contributed by atoms with E-state index in [1.54, 1.807) is 0 Å². The number of carboxylic acid groups (broad SMARTS) is 1. The van der Waals surface area contributed by atoms with E-state index in [2.05, 4.69) is 30.6 Å². The highest BCUT2D eigenvalue weighted by molar-refractivity contribution is 9.10. The van der Waals surface area contributed by atoms with Crippen molar-refractivity contribution < 1.29 is 22.8 Å². The minimum Gasteiger partial charge on any atom is -0.478 e. The van der Waals surface area contributed by atoms with Gasteiger partial charge in [0.05, 0.1) is 15.5 Å². The van der Waals surface area contributed by atoms with Gasteiger partial charge in [0.25, 0.3) is 10.0 Å². The SMILES string of the molecule is Cc1noc(NS(=O)(=O)c2cc(Br)c(Cl)c(C(=O)O)c2)n1. The third-order valence-electron chi connectivity index (χ3n) is 2.29. The first-order chi connectivity index (χ1) is 9.70. The lowest BCUT2D eigenvalue weighted by atomic mass is 10.2. The van der Waals surface area contributed by atoms with Crippen molar-refractivity contribution in [3.8, 4) is 0 Å². The zero-order valence-corrected chi connectivity index (χ0v) is 13.5. The number of rotatable bonds is 4. The van der Waals surface area contributed by atoms with Crippen LogP contribution in [-0.4, -0.2) is 29.6 Å². The van der Waals surface area contributed by atoms with Crippen LogP contribution in [0.2, 0.25) is 5.02 Å². The topological polar surface area (TPSA) is 122 Å². The minimum absolute atomic E-state index is 0.102. The Morgan fingerprint density at radius 2 is 2.14 bits per heavy atom. The molecule has 2 N–H and O–H groups in total. The smallest absolute Gasteiger partial charge is 0.337 e. The third-order valence-corrected chi connectivity index (χ3v) is 4.85. The molecule has 0 atom stereocenters. The van der Waals surface area contributed by atoms with E-state index in [0.29, 0.717) is 0 Å². The van der Waals surface area contributed by atoms with Crippen LogP contribution < -0.4 is 4.72 Å². The molecule has 1 aromatic carbocycles. The van der Waals surface area contributed by atoms with Gasteiger partial charge in [0, 0.05) is 4.47 Å². The Hall–Kier alpha value is -1.65. The first kappa shape index (κ1) is 15.7. The summed E-state index contributed by atoms with van der Waals surface area (Å²) in [7, 11) is -4.09. The first-order valence-electron chi connectivity index (χ1n) is 5.26. The average molecular weight is 397 g/mol. The van der Waals surface area contributed by atoms with Crippen LogP contribution in [0.4, 0.5) is 6.01 Å². The molecule has 0 saturated heterocycles. The molecule has 112 valence electrons. The molecule has 0 bridgehead atoms. The molecule has 8 nitrogen and oxygen atoms in total. The maximum atomic E-state index is 12.2. The lowest BCUT2D eigenvalue weighted by Gasteiger charge is -2.08. The number of halogens is 2. The Labute approximate surface area is 132 Å². The minimum atomic E-state index is -4.09. The molecule has 0 aliphatic rings. The number of carbonyl (C=O) groups is 1. The summed E-state index contributed by atoms with van der Waals surface area (Å²) in [5.41, 5.74) is -0.354. The van der Waals surface area contributed by atoms with E-state index in [1.807, 2.05) is 4.72 Å². The number of benzene rings is 1. The molecular weight excluding hydrogens is 390 g/mol. The summed E-state index contributed by atoms with van der Waals surface area (Å²) in [6.45, 7) is 1.52. The zero-order valence-electron chi connectivity index (χ0n) is 10.3. The number of aromatic carboxylic acids is 1. The van der Waals surface area contributed by atoms with E-state index < -0.39 is 16.0 Å². The van der Waals surface area contributed by atoms with Gasteiger partial charge in [-0.25, -0.2) is 17.9 Å². The highest BCUT2D eigenvalue weighted by atomic mass is 79.9. The van der Waals surface area contributed by atoms with Crippen molar-refractivity contribution in [3.63, 3.8) is 0 Å². The highest BCUT2D eigenvalue weighted by Gasteiger charge is 2.22. The Kier molecular flexibility index (Phi) is 4.21. The van der Waals surface area contributed by atoms with Crippen molar-refractivity contribution in [2.45, 2.75) is 11.8 Å². The molecule has 2 rings (SSSR count). The molecular formula is C10H7BrClN3O5S. The summed E-state index contributed by atoms with van der Waals surface area (Å²) >= 11 is 8.80. The molecule has 0 fully saturated rings. The number of hydrogen-bond donors (Lipinski definition) is 2. The molecule has 0 saturated carbocycles. The number of carboxylic acids is 1. The summed E-state index contributed by atoms with van der Waals surface area (Å²) in [5, 5.41) is 12.3. The second-order valence-corrected chi connectivity index (χ2v) is 6.74. The summed E-state index contributed by atoms with van der Waals surface area (Å²) in [6.07, 6.45) is 0. The van der Waals surface area contributed by atoms with Gasteiger partial charge in [0.15, 0.2) is 5.82 Å². The molecule has 1 heterocycles. The predicted molar refractivity (Wildman–Crippen MR) is 76.0 cm³/mol. The van der Waals surface area contributed by atoms with Crippen LogP contribution in [0, 0.1) is 6.92 Å². The largest absolute Gasteiger partial charge is 0.478 e. The second-order valence-electron chi connectivity index (χ2n) is 3.82. The monoisotopic (exact) mass is 395 g/mol. The summed E-state index contributed by atoms with van der Waals surface area (Å²) < 4.78 is 31.1. The van der Waals surface area contributed by atoms with Crippen LogP contribution in [-0.2, 0) is 10.0 Å². The molecule has 2 aromatic rings. The number of nitrogens with zero attached hydrogens (tertiary/aromatic N) is 2. The van der Waals surface area contributed by atoms with Crippen molar-refractivity contribution in [1.82, 2.24) is 10.1 Å². The van der Waals surface area contributed by atoms with Gasteiger partial charge >= 0.3 is 12.0 Å². The van der Waals surface area contributed by atoms with E-state index in [0.717, 1.165) is 6.07 Å². The van der Waals surface area contributed by atoms with Crippen molar-refractivity contribution in [3.05, 3.63) is 33.0 Å². The van der Waals surface area contributed by atoms with Crippen LogP contribution in [0.5, 0.6) is 0 Å². The number of nitrogens with one attached hydrogen (secondary N) is 1. The van der Waals surface area contributed by atoms with Crippen LogP contribution in [0.15, 0.2) is 26.0 Å². The molecule has 21 heavy (non-hydrogen) atoms. The average Bonchev–Trinajstić information content (AvgIpc) is 2.76. The fraction of sp³-hybridized carbons (Fsp3) is 0.100. The van der Waals surface area contributed by atoms with Crippen LogP contribution in [0.25, 0.3) is 0 Å². The van der Waals surface area contributed by atoms with E-state index in [4.69, 9.17) is 16.7 Å². The second kappa shape index (κ2) is 5.62. The van der Waals surface area contributed by atoms with E-state index in [1.165, 1.54) is 13.0 Å². The van der Waals surface area contributed by atoms with Crippen molar-refractivity contribution in [2.24, 2.45) is 0 Å². The number of hydrogen-bond acceptors (Lipinski definition) is 6. The molecule has 0 radical (unpaired) electrons. The Morgan fingerprint density at radius 1 is 1.48 bits per heavy atom. The predicted octanol–water partition coefficient (Wildman–Crippen LogP) is 2.29. The lowest BCUT2D eigenvalue weighted by Crippen LogP contribution is -2.14. The van der Waals surface area contributed by atoms with Gasteiger partial charge in [0.1, 0.15) is 0 Å². The molecule has 0 spiro atoms. The van der Waals surface area contributed by atoms with Gasteiger partial charge in [-0.1, -0.05) is 16.8 Å². The van der Waals surface area contributed by atoms with Gasteiger partial charge in [-0.15, -0.1) is 0 Å². The van der Waals surface area contributed by atoms with Gasteiger partial charge in [-0.3, -0.25) is 0 Å². The van der Waals surface area contributed by atoms with Gasteiger partial charge < -0.3 is 9.63 Å². The van der Waals surface area contributed by atoms with Gasteiger partial charge in [-0.2, -0.15) is 4.98 Å². The molecule has 0 aliphatic carbocycles. The molecule has 0 unspecified atom stereocenters. The third kappa shape index (κ3) is 3.34. The number of anilines is 1. The van der Waals surface area contributed by atoms with E-state index in [-0.39, 0.29) is 31.8 Å². The fourth-order valence-electron chi connectivity index (χ4n) is 1.39. The Morgan fingerprint density at radius 3 is 2.67 bits per heavy atom. The molecule has 1 aromatic heterocycles. The highest BCUT2D eigenvalue weighted by Crippen LogP contribution is 2.30. The maximum absolute atomic E-state index is 12.2. The van der Waals surface area contributed by atoms with Crippen LogP contribution in [0.1, 0.15) is 16.2 Å². The summed E-state index contributed by atoms with van der Waals surface area (Å²) in [6, 6.07) is 1.77. The van der Waals surface area contributed by atoms with Crippen molar-refractivity contribution >= 4 is 49.5 Å². The van der Waals surface area contributed by atoms with Crippen molar-refractivity contribution in [1.29, 1.82) is 0 Å². The number of aromatic nitrogens is 2. The normalized spacial score (nSPS) is 11.4. The van der Waals surface area contributed by atoms with Gasteiger partial charge in [-0.05, 0) is 35.0 Å². The van der Waals surface area contributed by atoms with E-state index >= 15 is 0 Å². The lowest BCUT2D eigenvalue weighted by molar-refractivity contribution is 0.0696. The zero-order chi connectivity index (χ0) is 15.8. The quantitative estimate of drug-likeness (QED) is 0.813.